The number of carbonyl (C=O) groups excluding carboxylic acids is 1. The molecular weight excluding hydrogens is 367 g/mol. The topological polar surface area (TPSA) is 54.5 Å². The van der Waals surface area contributed by atoms with Gasteiger partial charge in [-0.3, -0.25) is 4.79 Å². The molecule has 1 N–H and O–H groups in total. The number of hydrogen-bond donors (Lipinski definition) is 1. The van der Waals surface area contributed by atoms with E-state index >= 15 is 0 Å². The molecule has 0 aliphatic rings. The molecule has 0 bridgehead atoms. The molecule has 0 aliphatic carbocycles. The molecule has 0 saturated carbocycles. The normalized spacial score (nSPS) is 11.4. The maximum Gasteiger partial charge on any atom is 0.573 e. The van der Waals surface area contributed by atoms with Crippen molar-refractivity contribution >= 4 is 38.3 Å². The first-order chi connectivity index (χ1) is 12.3. The molecule has 1 heterocycles. The predicted octanol–water partition coefficient (Wildman–Crippen LogP) is 4.27. The third-order valence-electron chi connectivity index (χ3n) is 3.36. The van der Waals surface area contributed by atoms with Gasteiger partial charge in [-0.15, -0.1) is 13.2 Å². The average molecular weight is 381 g/mol. The molecule has 5 nitrogen and oxygen atoms in total. The molecule has 3 rings (SSSR count). The van der Waals surface area contributed by atoms with Crippen molar-refractivity contribution in [2.75, 3.05) is 23.8 Å². The Hall–Kier alpha value is -2.81. The van der Waals surface area contributed by atoms with Gasteiger partial charge in [0.25, 0.3) is 0 Å². The predicted molar refractivity (Wildman–Crippen MR) is 94.6 cm³/mol. The Morgan fingerprint density at radius 3 is 2.54 bits per heavy atom. The third kappa shape index (κ3) is 4.63. The molecule has 9 heteroatoms. The highest BCUT2D eigenvalue weighted by atomic mass is 32.1. The summed E-state index contributed by atoms with van der Waals surface area (Å²) in [6.07, 6.45) is -4.75. The lowest BCUT2D eigenvalue weighted by Gasteiger charge is -2.15. The number of benzene rings is 2. The van der Waals surface area contributed by atoms with E-state index in [1.54, 1.807) is 11.9 Å². The number of nitrogens with one attached hydrogen (secondary N) is 1. The first-order valence-corrected chi connectivity index (χ1v) is 8.34. The van der Waals surface area contributed by atoms with Gasteiger partial charge in [0.1, 0.15) is 5.75 Å². The van der Waals surface area contributed by atoms with Crippen LogP contribution in [0, 0.1) is 0 Å². The van der Waals surface area contributed by atoms with Gasteiger partial charge in [0.15, 0.2) is 5.13 Å². The maximum absolute atomic E-state index is 12.1. The maximum atomic E-state index is 12.1. The Balaban J connectivity index is 1.59. The number of fused-ring (bicyclic) bond motifs is 1. The fraction of sp³-hybridized carbons (Fsp3) is 0.176. The number of ether oxygens (including phenoxy) is 1. The van der Waals surface area contributed by atoms with E-state index in [0.717, 1.165) is 22.3 Å². The number of alkyl halides is 3. The average Bonchev–Trinajstić information content (AvgIpc) is 2.99. The van der Waals surface area contributed by atoms with Gasteiger partial charge >= 0.3 is 6.36 Å². The smallest absolute Gasteiger partial charge is 0.406 e. The molecule has 0 atom stereocenters. The number of nitrogens with zero attached hydrogens (tertiary/aromatic N) is 2. The first-order valence-electron chi connectivity index (χ1n) is 7.52. The van der Waals surface area contributed by atoms with Gasteiger partial charge in [-0.2, -0.15) is 0 Å². The van der Waals surface area contributed by atoms with E-state index in [-0.39, 0.29) is 18.2 Å². The van der Waals surface area contributed by atoms with Gasteiger partial charge in [0, 0.05) is 12.7 Å². The molecule has 0 spiro atoms. The van der Waals surface area contributed by atoms with Crippen molar-refractivity contribution in [2.45, 2.75) is 6.36 Å². The lowest BCUT2D eigenvalue weighted by atomic mass is 10.3. The van der Waals surface area contributed by atoms with E-state index in [4.69, 9.17) is 0 Å². The summed E-state index contributed by atoms with van der Waals surface area (Å²) in [6, 6.07) is 12.6. The first kappa shape index (κ1) is 18.0. The van der Waals surface area contributed by atoms with E-state index < -0.39 is 6.36 Å². The van der Waals surface area contributed by atoms with Crippen molar-refractivity contribution < 1.29 is 22.7 Å². The summed E-state index contributed by atoms with van der Waals surface area (Å²) >= 11 is 1.47. The van der Waals surface area contributed by atoms with E-state index in [1.165, 1.54) is 23.5 Å². The number of hydrogen-bond acceptors (Lipinski definition) is 5. The standard InChI is InChI=1S/C17H14F3N3O2S/c1-23(16-22-13-4-2-3-5-14(13)26-16)10-15(24)21-11-6-8-12(9-7-11)25-17(18,19)20/h2-9H,10H2,1H3,(H,21,24). The van der Waals surface area contributed by atoms with Crippen LogP contribution in [0.5, 0.6) is 5.75 Å². The number of likely N-dealkylation sites (N-methyl/N-ethyl adjacent to an activating group) is 1. The Morgan fingerprint density at radius 2 is 1.88 bits per heavy atom. The largest absolute Gasteiger partial charge is 0.573 e. The minimum Gasteiger partial charge on any atom is -0.406 e. The number of carbonyl (C=O) groups is 1. The van der Waals surface area contributed by atoms with Crippen LogP contribution in [0.25, 0.3) is 10.2 Å². The van der Waals surface area contributed by atoms with Gasteiger partial charge in [0.05, 0.1) is 16.8 Å². The van der Waals surface area contributed by atoms with Crippen molar-refractivity contribution in [3.8, 4) is 5.75 Å². The Morgan fingerprint density at radius 1 is 1.19 bits per heavy atom. The van der Waals surface area contributed by atoms with Crippen molar-refractivity contribution in [3.05, 3.63) is 48.5 Å². The van der Waals surface area contributed by atoms with Crippen molar-refractivity contribution in [1.29, 1.82) is 0 Å². The summed E-state index contributed by atoms with van der Waals surface area (Å²) in [5.74, 6) is -0.654. The Kier molecular flexibility index (Phi) is 4.99. The third-order valence-corrected chi connectivity index (χ3v) is 4.51. The summed E-state index contributed by atoms with van der Waals surface area (Å²) in [5, 5.41) is 3.33. The second-order valence-electron chi connectivity index (χ2n) is 5.44. The second-order valence-corrected chi connectivity index (χ2v) is 6.45. The lowest BCUT2D eigenvalue weighted by Crippen LogP contribution is -2.29. The summed E-state index contributed by atoms with van der Waals surface area (Å²) in [6.45, 7) is 0.0562. The number of aromatic nitrogens is 1. The van der Waals surface area contributed by atoms with E-state index in [2.05, 4.69) is 15.0 Å². The molecule has 136 valence electrons. The fourth-order valence-corrected chi connectivity index (χ4v) is 3.17. The van der Waals surface area contributed by atoms with Crippen LogP contribution in [0.15, 0.2) is 48.5 Å². The van der Waals surface area contributed by atoms with E-state index in [1.807, 2.05) is 24.3 Å². The van der Waals surface area contributed by atoms with Crippen LogP contribution >= 0.6 is 11.3 Å². The molecule has 1 amide bonds. The van der Waals surface area contributed by atoms with Gasteiger partial charge in [-0.1, -0.05) is 23.5 Å². The van der Waals surface area contributed by atoms with Crippen LogP contribution in [0.1, 0.15) is 0 Å². The summed E-state index contributed by atoms with van der Waals surface area (Å²) < 4.78 is 41.2. The summed E-state index contributed by atoms with van der Waals surface area (Å²) in [7, 11) is 1.75. The highest BCUT2D eigenvalue weighted by Gasteiger charge is 2.30. The lowest BCUT2D eigenvalue weighted by molar-refractivity contribution is -0.274. The van der Waals surface area contributed by atoms with E-state index in [9.17, 15) is 18.0 Å². The minimum absolute atomic E-state index is 0.0562. The van der Waals surface area contributed by atoms with Crippen molar-refractivity contribution in [2.24, 2.45) is 0 Å². The van der Waals surface area contributed by atoms with Gasteiger partial charge in [-0.25, -0.2) is 4.98 Å². The number of thiazole rings is 1. The SMILES string of the molecule is CN(CC(=O)Nc1ccc(OC(F)(F)F)cc1)c1nc2ccccc2s1. The zero-order valence-electron chi connectivity index (χ0n) is 13.6. The summed E-state index contributed by atoms with van der Waals surface area (Å²) in [5.41, 5.74) is 1.24. The molecule has 0 unspecified atom stereocenters. The van der Waals surface area contributed by atoms with Crippen LogP contribution < -0.4 is 15.0 Å². The number of rotatable bonds is 5. The van der Waals surface area contributed by atoms with Crippen LogP contribution in [0.3, 0.4) is 0 Å². The highest BCUT2D eigenvalue weighted by Crippen LogP contribution is 2.28. The molecule has 26 heavy (non-hydrogen) atoms. The second kappa shape index (κ2) is 7.20. The number of anilines is 2. The number of halogens is 3. The molecule has 0 aliphatic heterocycles. The van der Waals surface area contributed by atoms with Crippen LogP contribution in [0.2, 0.25) is 0 Å². The molecule has 0 saturated heterocycles. The number of para-hydroxylation sites is 1. The molecule has 1 aromatic heterocycles. The van der Waals surface area contributed by atoms with Gasteiger partial charge in [0.2, 0.25) is 5.91 Å². The van der Waals surface area contributed by atoms with Gasteiger partial charge < -0.3 is 15.0 Å². The Bertz CT molecular complexity index is 877. The van der Waals surface area contributed by atoms with Crippen molar-refractivity contribution in [1.82, 2.24) is 4.98 Å². The van der Waals surface area contributed by atoms with Gasteiger partial charge in [-0.05, 0) is 36.4 Å². The number of amides is 1. The quantitative estimate of drug-likeness (QED) is 0.717. The summed E-state index contributed by atoms with van der Waals surface area (Å²) in [4.78, 5) is 18.3. The highest BCUT2D eigenvalue weighted by molar-refractivity contribution is 7.22. The molecular formula is C17H14F3N3O2S. The fourth-order valence-electron chi connectivity index (χ4n) is 2.25. The molecule has 2 aromatic carbocycles. The van der Waals surface area contributed by atoms with Crippen molar-refractivity contribution in [3.63, 3.8) is 0 Å². The molecule has 3 aromatic rings. The van der Waals surface area contributed by atoms with E-state index in [0.29, 0.717) is 10.8 Å². The van der Waals surface area contributed by atoms with Crippen LogP contribution in [0.4, 0.5) is 24.0 Å². The molecule has 0 radical (unpaired) electrons. The minimum atomic E-state index is -4.75. The molecule has 0 fully saturated rings. The zero-order chi connectivity index (χ0) is 18.7. The Labute approximate surface area is 151 Å². The monoisotopic (exact) mass is 381 g/mol. The van der Waals surface area contributed by atoms with Crippen LogP contribution in [-0.4, -0.2) is 30.8 Å². The zero-order valence-corrected chi connectivity index (χ0v) is 14.4. The van der Waals surface area contributed by atoms with Crippen LogP contribution in [-0.2, 0) is 4.79 Å².